The van der Waals surface area contributed by atoms with Gasteiger partial charge in [-0.25, -0.2) is 4.98 Å². The number of hydrogen-bond donors (Lipinski definition) is 1. The average Bonchev–Trinajstić information content (AvgIpc) is 2.23. The molecule has 4 heteroatoms. The summed E-state index contributed by atoms with van der Waals surface area (Å²) in [5.74, 6) is 0.165. The van der Waals surface area contributed by atoms with E-state index in [9.17, 15) is 4.79 Å². The molecule has 1 rings (SSSR count). The van der Waals surface area contributed by atoms with Crippen LogP contribution in [0, 0.1) is 5.92 Å². The summed E-state index contributed by atoms with van der Waals surface area (Å²) in [6, 6.07) is 3.64. The molecular weight excluding hydrogens is 256 g/mol. The van der Waals surface area contributed by atoms with Crippen molar-refractivity contribution in [2.75, 3.05) is 5.32 Å². The van der Waals surface area contributed by atoms with Crippen molar-refractivity contribution in [1.29, 1.82) is 0 Å². The standard InChI is InChI=1S/C11H15BrN2O/c1-3-8(4-2)11(15)14-9-5-6-10(12)13-7-9/h5-8H,3-4H2,1-2H3,(H,14,15). The normalized spacial score (nSPS) is 10.4. The number of carbonyl (C=O) groups is 1. The van der Waals surface area contributed by atoms with Gasteiger partial charge in [0, 0.05) is 5.92 Å². The molecule has 0 aliphatic heterocycles. The Balaban J connectivity index is 2.61. The van der Waals surface area contributed by atoms with E-state index in [0.29, 0.717) is 0 Å². The number of rotatable bonds is 4. The second-order valence-corrected chi connectivity index (χ2v) is 4.18. The topological polar surface area (TPSA) is 42.0 Å². The van der Waals surface area contributed by atoms with E-state index in [2.05, 4.69) is 26.2 Å². The summed E-state index contributed by atoms with van der Waals surface area (Å²) in [6.07, 6.45) is 3.38. The monoisotopic (exact) mass is 270 g/mol. The van der Waals surface area contributed by atoms with E-state index in [1.54, 1.807) is 6.20 Å². The quantitative estimate of drug-likeness (QED) is 0.854. The summed E-state index contributed by atoms with van der Waals surface area (Å²) in [5, 5.41) is 2.85. The predicted molar refractivity (Wildman–Crippen MR) is 64.6 cm³/mol. The molecule has 0 fully saturated rings. The molecule has 0 saturated carbocycles. The molecule has 0 atom stereocenters. The Bertz CT molecular complexity index is 320. The highest BCUT2D eigenvalue weighted by molar-refractivity contribution is 9.10. The van der Waals surface area contributed by atoms with Crippen molar-refractivity contribution in [1.82, 2.24) is 4.98 Å². The Labute approximate surface area is 98.4 Å². The van der Waals surface area contributed by atoms with Gasteiger partial charge in [-0.2, -0.15) is 0 Å². The Hall–Kier alpha value is -0.900. The van der Waals surface area contributed by atoms with Gasteiger partial charge in [0.25, 0.3) is 0 Å². The van der Waals surface area contributed by atoms with Crippen molar-refractivity contribution in [2.45, 2.75) is 26.7 Å². The number of amides is 1. The van der Waals surface area contributed by atoms with Crippen LogP contribution in [-0.4, -0.2) is 10.9 Å². The first-order chi connectivity index (χ1) is 7.17. The first-order valence-electron chi connectivity index (χ1n) is 5.09. The Morgan fingerprint density at radius 2 is 2.13 bits per heavy atom. The summed E-state index contributed by atoms with van der Waals surface area (Å²) < 4.78 is 0.767. The second-order valence-electron chi connectivity index (χ2n) is 3.37. The van der Waals surface area contributed by atoms with Crippen LogP contribution in [0.1, 0.15) is 26.7 Å². The van der Waals surface area contributed by atoms with Crippen LogP contribution in [0.4, 0.5) is 5.69 Å². The van der Waals surface area contributed by atoms with Crippen molar-refractivity contribution in [3.8, 4) is 0 Å². The number of nitrogens with zero attached hydrogens (tertiary/aromatic N) is 1. The van der Waals surface area contributed by atoms with Crippen LogP contribution in [0.3, 0.4) is 0 Å². The van der Waals surface area contributed by atoms with Gasteiger partial charge in [0.2, 0.25) is 5.91 Å². The predicted octanol–water partition coefficient (Wildman–Crippen LogP) is 3.22. The second kappa shape index (κ2) is 5.85. The maximum Gasteiger partial charge on any atom is 0.227 e. The summed E-state index contributed by atoms with van der Waals surface area (Å²) in [5.41, 5.74) is 0.745. The van der Waals surface area contributed by atoms with Gasteiger partial charge in [-0.15, -0.1) is 0 Å². The van der Waals surface area contributed by atoms with Gasteiger partial charge < -0.3 is 5.32 Å². The molecule has 1 amide bonds. The van der Waals surface area contributed by atoms with Gasteiger partial charge in [-0.1, -0.05) is 13.8 Å². The fraction of sp³-hybridized carbons (Fsp3) is 0.455. The molecule has 0 aliphatic carbocycles. The molecule has 0 saturated heterocycles. The van der Waals surface area contributed by atoms with Gasteiger partial charge in [-0.05, 0) is 40.9 Å². The highest BCUT2D eigenvalue weighted by atomic mass is 79.9. The van der Waals surface area contributed by atoms with Crippen LogP contribution >= 0.6 is 15.9 Å². The first kappa shape index (κ1) is 12.2. The van der Waals surface area contributed by atoms with Crippen LogP contribution in [0.25, 0.3) is 0 Å². The van der Waals surface area contributed by atoms with Gasteiger partial charge in [-0.3, -0.25) is 4.79 Å². The van der Waals surface area contributed by atoms with E-state index in [1.807, 2.05) is 26.0 Å². The summed E-state index contributed by atoms with van der Waals surface area (Å²) in [7, 11) is 0. The Kier molecular flexibility index (Phi) is 4.75. The lowest BCUT2D eigenvalue weighted by atomic mass is 10.0. The average molecular weight is 271 g/mol. The Morgan fingerprint density at radius 1 is 1.47 bits per heavy atom. The Morgan fingerprint density at radius 3 is 2.60 bits per heavy atom. The van der Waals surface area contributed by atoms with E-state index >= 15 is 0 Å². The minimum atomic E-state index is 0.0733. The minimum Gasteiger partial charge on any atom is -0.324 e. The van der Waals surface area contributed by atoms with Gasteiger partial charge in [0.05, 0.1) is 11.9 Å². The van der Waals surface area contributed by atoms with Crippen LogP contribution in [0.2, 0.25) is 0 Å². The van der Waals surface area contributed by atoms with Crippen molar-refractivity contribution >= 4 is 27.5 Å². The largest absolute Gasteiger partial charge is 0.324 e. The smallest absolute Gasteiger partial charge is 0.227 e. The molecule has 1 aromatic rings. The molecule has 3 nitrogen and oxygen atoms in total. The van der Waals surface area contributed by atoms with Crippen molar-refractivity contribution in [3.63, 3.8) is 0 Å². The zero-order valence-electron chi connectivity index (χ0n) is 8.96. The van der Waals surface area contributed by atoms with Gasteiger partial charge in [0.1, 0.15) is 4.60 Å². The summed E-state index contributed by atoms with van der Waals surface area (Å²) in [6.45, 7) is 4.04. The molecule has 0 aromatic carbocycles. The lowest BCUT2D eigenvalue weighted by Gasteiger charge is -2.12. The molecule has 0 radical (unpaired) electrons. The fourth-order valence-corrected chi connectivity index (χ4v) is 1.59. The zero-order chi connectivity index (χ0) is 11.3. The molecule has 15 heavy (non-hydrogen) atoms. The molecule has 0 aliphatic rings. The van der Waals surface area contributed by atoms with E-state index in [-0.39, 0.29) is 11.8 Å². The first-order valence-corrected chi connectivity index (χ1v) is 5.89. The number of aromatic nitrogens is 1. The van der Waals surface area contributed by atoms with Crippen molar-refractivity contribution in [3.05, 3.63) is 22.9 Å². The van der Waals surface area contributed by atoms with Crippen molar-refractivity contribution in [2.24, 2.45) is 5.92 Å². The number of hydrogen-bond acceptors (Lipinski definition) is 2. The fourth-order valence-electron chi connectivity index (χ4n) is 1.35. The number of halogens is 1. The van der Waals surface area contributed by atoms with Gasteiger partial charge in [0.15, 0.2) is 0 Å². The van der Waals surface area contributed by atoms with Crippen LogP contribution in [0.5, 0.6) is 0 Å². The van der Waals surface area contributed by atoms with E-state index in [1.165, 1.54) is 0 Å². The molecule has 0 bridgehead atoms. The number of nitrogens with one attached hydrogen (secondary N) is 1. The van der Waals surface area contributed by atoms with E-state index in [4.69, 9.17) is 0 Å². The van der Waals surface area contributed by atoms with E-state index in [0.717, 1.165) is 23.1 Å². The lowest BCUT2D eigenvalue weighted by Crippen LogP contribution is -2.21. The third kappa shape index (κ3) is 3.63. The number of anilines is 1. The van der Waals surface area contributed by atoms with Crippen LogP contribution in [-0.2, 0) is 4.79 Å². The third-order valence-corrected chi connectivity index (χ3v) is 2.82. The van der Waals surface area contributed by atoms with Crippen LogP contribution < -0.4 is 5.32 Å². The maximum absolute atomic E-state index is 11.7. The molecule has 0 spiro atoms. The third-order valence-electron chi connectivity index (χ3n) is 2.35. The summed E-state index contributed by atoms with van der Waals surface area (Å²) in [4.78, 5) is 15.8. The number of carbonyl (C=O) groups excluding carboxylic acids is 1. The van der Waals surface area contributed by atoms with Gasteiger partial charge >= 0.3 is 0 Å². The molecular formula is C11H15BrN2O. The summed E-state index contributed by atoms with van der Waals surface area (Å²) >= 11 is 3.24. The molecule has 82 valence electrons. The van der Waals surface area contributed by atoms with Crippen LogP contribution in [0.15, 0.2) is 22.9 Å². The van der Waals surface area contributed by atoms with E-state index < -0.39 is 0 Å². The maximum atomic E-state index is 11.7. The SMILES string of the molecule is CCC(CC)C(=O)Nc1ccc(Br)nc1. The zero-order valence-corrected chi connectivity index (χ0v) is 10.5. The number of pyridine rings is 1. The minimum absolute atomic E-state index is 0.0733. The van der Waals surface area contributed by atoms with Crippen molar-refractivity contribution < 1.29 is 4.79 Å². The molecule has 1 N–H and O–H groups in total. The highest BCUT2D eigenvalue weighted by Gasteiger charge is 2.13. The highest BCUT2D eigenvalue weighted by Crippen LogP contribution is 2.14. The molecule has 1 aromatic heterocycles. The lowest BCUT2D eigenvalue weighted by molar-refractivity contribution is -0.120. The molecule has 1 heterocycles. The molecule has 0 unspecified atom stereocenters.